The maximum absolute atomic E-state index is 13.2. The zero-order valence-electron chi connectivity index (χ0n) is 16.8. The van der Waals surface area contributed by atoms with Gasteiger partial charge in [0.2, 0.25) is 15.9 Å². The van der Waals surface area contributed by atoms with E-state index in [1.54, 1.807) is 0 Å². The van der Waals surface area contributed by atoms with Crippen LogP contribution < -0.4 is 5.32 Å². The number of nitrogens with one attached hydrogen (secondary N) is 1. The lowest BCUT2D eigenvalue weighted by atomic mass is 9.90. The van der Waals surface area contributed by atoms with E-state index in [1.807, 2.05) is 0 Å². The minimum Gasteiger partial charge on any atom is -0.506 e. The molecule has 8 heteroatoms. The van der Waals surface area contributed by atoms with E-state index in [-0.39, 0.29) is 48.4 Å². The summed E-state index contributed by atoms with van der Waals surface area (Å²) in [4.78, 5) is 12.8. The number of nitrogens with zero attached hydrogens (tertiary/aromatic N) is 1. The van der Waals surface area contributed by atoms with Crippen LogP contribution in [0, 0.1) is 5.92 Å². The minimum absolute atomic E-state index is 0. The van der Waals surface area contributed by atoms with E-state index < -0.39 is 10.0 Å². The van der Waals surface area contributed by atoms with Crippen molar-refractivity contribution in [1.29, 1.82) is 0 Å². The summed E-state index contributed by atoms with van der Waals surface area (Å²) in [5, 5.41) is 12.6. The lowest BCUT2D eigenvalue weighted by Gasteiger charge is -2.35. The first-order valence-corrected chi connectivity index (χ1v) is 12.5. The number of rotatable bonds is 5. The number of amides is 1. The summed E-state index contributed by atoms with van der Waals surface area (Å²) in [5.74, 6) is -0.0466. The molecule has 1 heterocycles. The molecule has 1 saturated heterocycles. The third-order valence-corrected chi connectivity index (χ3v) is 8.34. The average Bonchev–Trinajstić information content (AvgIpc) is 2.68. The third-order valence-electron chi connectivity index (χ3n) is 6.09. The van der Waals surface area contributed by atoms with Crippen molar-refractivity contribution in [2.75, 3.05) is 13.1 Å². The van der Waals surface area contributed by atoms with Gasteiger partial charge >= 0.3 is 0 Å². The van der Waals surface area contributed by atoms with Crippen LogP contribution >= 0.6 is 11.6 Å². The largest absolute Gasteiger partial charge is 0.506 e. The molecule has 0 spiro atoms. The second kappa shape index (κ2) is 12.7. The summed E-state index contributed by atoms with van der Waals surface area (Å²) in [6, 6.07) is 3.68. The fourth-order valence-electron chi connectivity index (χ4n) is 4.36. The van der Waals surface area contributed by atoms with Gasteiger partial charge in [0, 0.05) is 25.0 Å². The highest BCUT2D eigenvalue weighted by atomic mass is 35.5. The highest BCUT2D eigenvalue weighted by Gasteiger charge is 2.34. The molecular formula is C23H39ClN2O4S. The predicted octanol–water partition coefficient (Wildman–Crippen LogP) is 5.34. The van der Waals surface area contributed by atoms with E-state index in [1.165, 1.54) is 41.8 Å². The second-order valence-corrected chi connectivity index (χ2v) is 10.5. The first-order chi connectivity index (χ1) is 13.9. The van der Waals surface area contributed by atoms with Gasteiger partial charge in [-0.2, -0.15) is 4.31 Å². The molecule has 0 aromatic heterocycles. The number of phenols is 1. The van der Waals surface area contributed by atoms with Gasteiger partial charge < -0.3 is 10.4 Å². The molecule has 0 bridgehead atoms. The SMILES string of the molecule is C.C.O=C(NCC1CCCCN1S(=O)(=O)c1ccc(O)c(Cl)c1)C1CCCCCCC1. The topological polar surface area (TPSA) is 86.7 Å². The van der Waals surface area contributed by atoms with Gasteiger partial charge in [-0.25, -0.2) is 8.42 Å². The van der Waals surface area contributed by atoms with E-state index in [9.17, 15) is 18.3 Å². The van der Waals surface area contributed by atoms with Gasteiger partial charge in [0.05, 0.1) is 9.92 Å². The molecule has 0 radical (unpaired) electrons. The van der Waals surface area contributed by atoms with Crippen molar-refractivity contribution in [1.82, 2.24) is 9.62 Å². The van der Waals surface area contributed by atoms with Crippen molar-refractivity contribution in [2.24, 2.45) is 5.92 Å². The molecule has 31 heavy (non-hydrogen) atoms. The molecule has 3 rings (SSSR count). The number of benzene rings is 1. The Kier molecular flexibility index (Phi) is 11.3. The number of sulfonamides is 1. The summed E-state index contributed by atoms with van der Waals surface area (Å²) < 4.78 is 27.8. The van der Waals surface area contributed by atoms with Crippen LogP contribution in [0.15, 0.2) is 23.1 Å². The molecule has 1 saturated carbocycles. The number of hydrogen-bond acceptors (Lipinski definition) is 4. The smallest absolute Gasteiger partial charge is 0.243 e. The predicted molar refractivity (Wildman–Crippen MR) is 127 cm³/mol. The zero-order chi connectivity index (χ0) is 20.9. The first-order valence-electron chi connectivity index (χ1n) is 10.7. The number of piperidine rings is 1. The van der Waals surface area contributed by atoms with Crippen molar-refractivity contribution >= 4 is 27.5 Å². The molecular weight excluding hydrogens is 436 g/mol. The molecule has 178 valence electrons. The number of aromatic hydroxyl groups is 1. The van der Waals surface area contributed by atoms with Crippen LogP contribution in [-0.2, 0) is 14.8 Å². The standard InChI is InChI=1S/C21H31ClN2O4S.2CH4/c22-19-14-18(11-12-20(19)25)29(27,28)24-13-7-6-10-17(24)15-23-21(26)16-8-4-2-1-3-5-9-16;;/h11-12,14,16-17,25H,1-10,13,15H2,(H,23,26);2*1H4. The highest BCUT2D eigenvalue weighted by molar-refractivity contribution is 7.89. The number of carbonyl (C=O) groups excluding carboxylic acids is 1. The summed E-state index contributed by atoms with van der Waals surface area (Å²) >= 11 is 5.92. The Hall–Kier alpha value is -1.31. The molecule has 1 aromatic rings. The Labute approximate surface area is 193 Å². The van der Waals surface area contributed by atoms with E-state index >= 15 is 0 Å². The van der Waals surface area contributed by atoms with Gasteiger partial charge in [-0.1, -0.05) is 65.0 Å². The highest BCUT2D eigenvalue weighted by Crippen LogP contribution is 2.30. The molecule has 1 unspecified atom stereocenters. The van der Waals surface area contributed by atoms with Gasteiger partial charge in [0.25, 0.3) is 0 Å². The Morgan fingerprint density at radius 3 is 2.29 bits per heavy atom. The van der Waals surface area contributed by atoms with Crippen molar-refractivity contribution in [2.45, 2.75) is 90.0 Å². The quantitative estimate of drug-likeness (QED) is 0.603. The summed E-state index contributed by atoms with van der Waals surface area (Å²) in [6.07, 6.45) is 10.1. The van der Waals surface area contributed by atoms with E-state index in [0.717, 1.165) is 44.9 Å². The maximum Gasteiger partial charge on any atom is 0.243 e. The fraction of sp³-hybridized carbons (Fsp3) is 0.696. The lowest BCUT2D eigenvalue weighted by molar-refractivity contribution is -0.125. The normalized spacial score (nSPS) is 21.1. The van der Waals surface area contributed by atoms with Crippen LogP contribution in [0.4, 0.5) is 0 Å². The van der Waals surface area contributed by atoms with Crippen molar-refractivity contribution in [3.05, 3.63) is 23.2 Å². The summed E-state index contributed by atoms with van der Waals surface area (Å²) in [5.41, 5.74) is 0. The Bertz CT molecular complexity index is 808. The van der Waals surface area contributed by atoms with E-state index in [0.29, 0.717) is 13.1 Å². The number of carbonyl (C=O) groups is 1. The Morgan fingerprint density at radius 1 is 1.03 bits per heavy atom. The first kappa shape index (κ1) is 27.7. The molecule has 1 aliphatic carbocycles. The molecule has 1 aromatic carbocycles. The number of halogens is 1. The third kappa shape index (κ3) is 7.09. The van der Waals surface area contributed by atoms with Crippen molar-refractivity contribution in [3.8, 4) is 5.75 Å². The Morgan fingerprint density at radius 2 is 1.65 bits per heavy atom. The van der Waals surface area contributed by atoms with Crippen LogP contribution in [-0.4, -0.2) is 42.9 Å². The average molecular weight is 475 g/mol. The molecule has 2 N–H and O–H groups in total. The summed E-state index contributed by atoms with van der Waals surface area (Å²) in [7, 11) is -3.75. The van der Waals surface area contributed by atoms with Crippen molar-refractivity contribution in [3.63, 3.8) is 0 Å². The monoisotopic (exact) mass is 474 g/mol. The minimum atomic E-state index is -3.75. The zero-order valence-corrected chi connectivity index (χ0v) is 18.3. The van der Waals surface area contributed by atoms with Crippen LogP contribution in [0.25, 0.3) is 0 Å². The van der Waals surface area contributed by atoms with Gasteiger partial charge in [0.1, 0.15) is 5.75 Å². The number of hydrogen-bond donors (Lipinski definition) is 2. The maximum atomic E-state index is 13.2. The van der Waals surface area contributed by atoms with Gasteiger partial charge in [0.15, 0.2) is 0 Å². The number of phenolic OH excluding ortho intramolecular Hbond substituents is 1. The van der Waals surface area contributed by atoms with Crippen LogP contribution in [0.1, 0.15) is 79.1 Å². The molecule has 1 aliphatic heterocycles. The summed E-state index contributed by atoms with van der Waals surface area (Å²) in [6.45, 7) is 0.755. The van der Waals surface area contributed by atoms with Crippen molar-refractivity contribution < 1.29 is 18.3 Å². The molecule has 2 fully saturated rings. The van der Waals surface area contributed by atoms with Gasteiger partial charge in [-0.05, 0) is 43.9 Å². The fourth-order valence-corrected chi connectivity index (χ4v) is 6.32. The van der Waals surface area contributed by atoms with Crippen LogP contribution in [0.5, 0.6) is 5.75 Å². The molecule has 1 amide bonds. The van der Waals surface area contributed by atoms with Gasteiger partial charge in [-0.3, -0.25) is 4.79 Å². The second-order valence-electron chi connectivity index (χ2n) is 8.17. The molecule has 6 nitrogen and oxygen atoms in total. The Balaban J connectivity index is 0.00000240. The van der Waals surface area contributed by atoms with Crippen LogP contribution in [0.2, 0.25) is 5.02 Å². The molecule has 2 aliphatic rings. The van der Waals surface area contributed by atoms with E-state index in [4.69, 9.17) is 11.6 Å². The van der Waals surface area contributed by atoms with Crippen LogP contribution in [0.3, 0.4) is 0 Å². The van der Waals surface area contributed by atoms with E-state index in [2.05, 4.69) is 5.32 Å². The lowest BCUT2D eigenvalue weighted by Crippen LogP contribution is -2.50. The van der Waals surface area contributed by atoms with Gasteiger partial charge in [-0.15, -0.1) is 0 Å². The molecule has 1 atom stereocenters.